The molecule has 98 valence electrons. The third-order valence-corrected chi connectivity index (χ3v) is 3.74. The number of nitrogens with zero attached hydrogens (tertiary/aromatic N) is 1. The van der Waals surface area contributed by atoms with Crippen molar-refractivity contribution < 1.29 is 9.53 Å². The second kappa shape index (κ2) is 6.36. The maximum absolute atomic E-state index is 12.5. The van der Waals surface area contributed by atoms with Gasteiger partial charge in [-0.2, -0.15) is 0 Å². The summed E-state index contributed by atoms with van der Waals surface area (Å²) < 4.78 is 5.33. The number of amides is 1. The van der Waals surface area contributed by atoms with Crippen molar-refractivity contribution in [2.45, 2.75) is 38.6 Å². The SMILES string of the molecule is CCCN(C(=O)C1CCOC1)C1CCCNC1. The van der Waals surface area contributed by atoms with E-state index >= 15 is 0 Å². The van der Waals surface area contributed by atoms with Crippen LogP contribution in [0.3, 0.4) is 0 Å². The van der Waals surface area contributed by atoms with Crippen LogP contribution in [0.5, 0.6) is 0 Å². The third kappa shape index (κ3) is 3.19. The molecule has 1 amide bonds. The van der Waals surface area contributed by atoms with E-state index in [-0.39, 0.29) is 5.92 Å². The highest BCUT2D eigenvalue weighted by Crippen LogP contribution is 2.20. The topological polar surface area (TPSA) is 41.6 Å². The second-order valence-electron chi connectivity index (χ2n) is 5.09. The van der Waals surface area contributed by atoms with Gasteiger partial charge in [-0.3, -0.25) is 4.79 Å². The monoisotopic (exact) mass is 240 g/mol. The lowest BCUT2D eigenvalue weighted by atomic mass is 10.0. The van der Waals surface area contributed by atoms with Crippen LogP contribution in [-0.2, 0) is 9.53 Å². The molecule has 2 saturated heterocycles. The first kappa shape index (κ1) is 12.8. The Labute approximate surface area is 104 Å². The average Bonchev–Trinajstić information content (AvgIpc) is 2.90. The average molecular weight is 240 g/mol. The smallest absolute Gasteiger partial charge is 0.228 e. The van der Waals surface area contributed by atoms with Crippen molar-refractivity contribution >= 4 is 5.91 Å². The highest BCUT2D eigenvalue weighted by molar-refractivity contribution is 5.79. The lowest BCUT2D eigenvalue weighted by Gasteiger charge is -2.36. The van der Waals surface area contributed by atoms with E-state index in [1.165, 1.54) is 6.42 Å². The zero-order valence-electron chi connectivity index (χ0n) is 10.8. The van der Waals surface area contributed by atoms with Gasteiger partial charge in [0.15, 0.2) is 0 Å². The Bertz CT molecular complexity index is 246. The maximum Gasteiger partial charge on any atom is 0.228 e. The molecule has 4 heteroatoms. The molecule has 0 aromatic rings. The Balaban J connectivity index is 1.96. The van der Waals surface area contributed by atoms with Crippen molar-refractivity contribution in [1.82, 2.24) is 10.2 Å². The van der Waals surface area contributed by atoms with Crippen LogP contribution < -0.4 is 5.32 Å². The number of nitrogens with one attached hydrogen (secondary N) is 1. The van der Waals surface area contributed by atoms with Gasteiger partial charge < -0.3 is 15.0 Å². The summed E-state index contributed by atoms with van der Waals surface area (Å²) in [5, 5.41) is 3.39. The van der Waals surface area contributed by atoms with Gasteiger partial charge in [-0.1, -0.05) is 6.92 Å². The quantitative estimate of drug-likeness (QED) is 0.797. The number of carbonyl (C=O) groups excluding carboxylic acids is 1. The van der Waals surface area contributed by atoms with Crippen molar-refractivity contribution in [3.63, 3.8) is 0 Å². The molecule has 17 heavy (non-hydrogen) atoms. The van der Waals surface area contributed by atoms with Crippen LogP contribution in [0.2, 0.25) is 0 Å². The highest BCUT2D eigenvalue weighted by atomic mass is 16.5. The van der Waals surface area contributed by atoms with Gasteiger partial charge in [-0.25, -0.2) is 0 Å². The van der Waals surface area contributed by atoms with Crippen LogP contribution >= 0.6 is 0 Å². The molecular weight excluding hydrogens is 216 g/mol. The van der Waals surface area contributed by atoms with E-state index in [0.717, 1.165) is 45.5 Å². The van der Waals surface area contributed by atoms with Gasteiger partial charge >= 0.3 is 0 Å². The van der Waals surface area contributed by atoms with Gasteiger partial charge in [0.1, 0.15) is 0 Å². The van der Waals surface area contributed by atoms with E-state index < -0.39 is 0 Å². The molecule has 1 N–H and O–H groups in total. The summed E-state index contributed by atoms with van der Waals surface area (Å²) in [5.41, 5.74) is 0. The Hall–Kier alpha value is -0.610. The van der Waals surface area contributed by atoms with E-state index in [9.17, 15) is 4.79 Å². The summed E-state index contributed by atoms with van der Waals surface area (Å²) in [7, 11) is 0. The zero-order chi connectivity index (χ0) is 12.1. The second-order valence-corrected chi connectivity index (χ2v) is 5.09. The highest BCUT2D eigenvalue weighted by Gasteiger charge is 2.31. The van der Waals surface area contributed by atoms with Crippen LogP contribution in [0, 0.1) is 5.92 Å². The Kier molecular flexibility index (Phi) is 4.80. The molecule has 0 aliphatic carbocycles. The van der Waals surface area contributed by atoms with Gasteiger partial charge in [-0.15, -0.1) is 0 Å². The van der Waals surface area contributed by atoms with Crippen molar-refractivity contribution in [3.05, 3.63) is 0 Å². The summed E-state index contributed by atoms with van der Waals surface area (Å²) in [6.07, 6.45) is 4.26. The minimum Gasteiger partial charge on any atom is -0.381 e. The van der Waals surface area contributed by atoms with E-state index in [0.29, 0.717) is 18.6 Å². The minimum atomic E-state index is 0.114. The zero-order valence-corrected chi connectivity index (χ0v) is 10.8. The van der Waals surface area contributed by atoms with Crippen LogP contribution in [0.1, 0.15) is 32.6 Å². The fourth-order valence-electron chi connectivity index (χ4n) is 2.78. The molecule has 2 aliphatic rings. The minimum absolute atomic E-state index is 0.114. The largest absolute Gasteiger partial charge is 0.381 e. The van der Waals surface area contributed by atoms with Crippen molar-refractivity contribution in [1.29, 1.82) is 0 Å². The fourth-order valence-corrected chi connectivity index (χ4v) is 2.78. The number of ether oxygens (including phenoxy) is 1. The van der Waals surface area contributed by atoms with E-state index in [1.54, 1.807) is 0 Å². The molecule has 2 unspecified atom stereocenters. The molecule has 0 saturated carbocycles. The molecule has 2 atom stereocenters. The van der Waals surface area contributed by atoms with E-state index in [4.69, 9.17) is 4.74 Å². The molecule has 0 aromatic carbocycles. The molecule has 4 nitrogen and oxygen atoms in total. The van der Waals surface area contributed by atoms with Gasteiger partial charge in [0.25, 0.3) is 0 Å². The van der Waals surface area contributed by atoms with E-state index in [1.807, 2.05) is 0 Å². The maximum atomic E-state index is 12.5. The first-order valence-electron chi connectivity index (χ1n) is 6.92. The molecule has 0 bridgehead atoms. The molecule has 0 aromatic heterocycles. The number of piperidine rings is 1. The van der Waals surface area contributed by atoms with E-state index in [2.05, 4.69) is 17.1 Å². The summed E-state index contributed by atoms with van der Waals surface area (Å²) >= 11 is 0. The lowest BCUT2D eigenvalue weighted by molar-refractivity contribution is -0.138. The van der Waals surface area contributed by atoms with Gasteiger partial charge in [0.05, 0.1) is 12.5 Å². The van der Waals surface area contributed by atoms with Gasteiger partial charge in [0.2, 0.25) is 5.91 Å². The molecule has 0 spiro atoms. The Morgan fingerprint density at radius 1 is 1.47 bits per heavy atom. The van der Waals surface area contributed by atoms with Crippen LogP contribution in [0.25, 0.3) is 0 Å². The molecule has 2 aliphatic heterocycles. The summed E-state index contributed by atoms with van der Waals surface area (Å²) in [6.45, 7) is 6.46. The first-order chi connectivity index (χ1) is 8.33. The number of hydrogen-bond donors (Lipinski definition) is 1. The van der Waals surface area contributed by atoms with Crippen molar-refractivity contribution in [2.75, 3.05) is 32.8 Å². The van der Waals surface area contributed by atoms with Crippen LogP contribution in [0.15, 0.2) is 0 Å². The van der Waals surface area contributed by atoms with Crippen molar-refractivity contribution in [3.8, 4) is 0 Å². The molecular formula is C13H24N2O2. The lowest BCUT2D eigenvalue weighted by Crippen LogP contribution is -2.50. The van der Waals surface area contributed by atoms with Crippen molar-refractivity contribution in [2.24, 2.45) is 5.92 Å². The number of hydrogen-bond acceptors (Lipinski definition) is 3. The summed E-state index contributed by atoms with van der Waals surface area (Å²) in [6, 6.07) is 0.400. The summed E-state index contributed by atoms with van der Waals surface area (Å²) in [4.78, 5) is 14.6. The standard InChI is InChI=1S/C13H24N2O2/c1-2-7-15(12-4-3-6-14-9-12)13(16)11-5-8-17-10-11/h11-12,14H,2-10H2,1H3. The molecule has 2 fully saturated rings. The third-order valence-electron chi connectivity index (χ3n) is 3.74. The summed E-state index contributed by atoms with van der Waals surface area (Å²) in [5.74, 6) is 0.432. The predicted octanol–water partition coefficient (Wildman–Crippen LogP) is 1.01. The predicted molar refractivity (Wildman–Crippen MR) is 66.8 cm³/mol. The van der Waals surface area contributed by atoms with Crippen LogP contribution in [-0.4, -0.2) is 49.7 Å². The van der Waals surface area contributed by atoms with Gasteiger partial charge in [-0.05, 0) is 32.2 Å². The number of carbonyl (C=O) groups is 1. The van der Waals surface area contributed by atoms with Crippen LogP contribution in [0.4, 0.5) is 0 Å². The number of rotatable bonds is 4. The van der Waals surface area contributed by atoms with Gasteiger partial charge in [0, 0.05) is 25.7 Å². The molecule has 0 radical (unpaired) electrons. The Morgan fingerprint density at radius 3 is 2.94 bits per heavy atom. The normalized spacial score (nSPS) is 29.2. The molecule has 2 rings (SSSR count). The molecule has 2 heterocycles. The fraction of sp³-hybridized carbons (Fsp3) is 0.923. The first-order valence-corrected chi connectivity index (χ1v) is 6.92. The Morgan fingerprint density at radius 2 is 2.35 bits per heavy atom.